The Labute approximate surface area is 115 Å². The molecule has 1 aliphatic heterocycles. The Morgan fingerprint density at radius 2 is 2.20 bits per heavy atom. The first kappa shape index (κ1) is 12.5. The van der Waals surface area contributed by atoms with Gasteiger partial charge in [-0.15, -0.1) is 0 Å². The third kappa shape index (κ3) is 2.74. The summed E-state index contributed by atoms with van der Waals surface area (Å²) in [5.41, 5.74) is 0.494. The number of ether oxygens (including phenoxy) is 2. The maximum atomic E-state index is 11.3. The molecule has 2 N–H and O–H groups in total. The van der Waals surface area contributed by atoms with Gasteiger partial charge in [-0.05, 0) is 19.1 Å². The van der Waals surface area contributed by atoms with Crippen molar-refractivity contribution >= 4 is 5.95 Å². The summed E-state index contributed by atoms with van der Waals surface area (Å²) in [6, 6.07) is 8.99. The summed E-state index contributed by atoms with van der Waals surface area (Å²) >= 11 is 0. The Kier molecular flexibility index (Phi) is 3.28. The van der Waals surface area contributed by atoms with Crippen LogP contribution < -0.4 is 20.3 Å². The zero-order valence-electron chi connectivity index (χ0n) is 11.1. The van der Waals surface area contributed by atoms with Crippen LogP contribution in [0.3, 0.4) is 0 Å². The van der Waals surface area contributed by atoms with E-state index in [2.05, 4.69) is 15.3 Å². The van der Waals surface area contributed by atoms with E-state index in [1.165, 1.54) is 6.07 Å². The van der Waals surface area contributed by atoms with Crippen LogP contribution in [-0.2, 0) is 0 Å². The van der Waals surface area contributed by atoms with E-state index in [1.54, 1.807) is 6.92 Å². The van der Waals surface area contributed by atoms with Gasteiger partial charge in [-0.2, -0.15) is 0 Å². The molecule has 0 fully saturated rings. The Bertz CT molecular complexity index is 669. The number of aryl methyl sites for hydroxylation is 1. The highest BCUT2D eigenvalue weighted by Gasteiger charge is 2.20. The zero-order valence-corrected chi connectivity index (χ0v) is 11.1. The third-order valence-electron chi connectivity index (χ3n) is 2.93. The number of anilines is 1. The van der Waals surface area contributed by atoms with Gasteiger partial charge in [0.1, 0.15) is 12.7 Å². The van der Waals surface area contributed by atoms with E-state index in [1.807, 2.05) is 24.3 Å². The Balaban J connectivity index is 1.64. The highest BCUT2D eigenvalue weighted by molar-refractivity contribution is 5.41. The number of aromatic amines is 1. The summed E-state index contributed by atoms with van der Waals surface area (Å²) in [7, 11) is 0. The van der Waals surface area contributed by atoms with E-state index in [0.29, 0.717) is 24.8 Å². The van der Waals surface area contributed by atoms with Gasteiger partial charge in [0.05, 0.1) is 6.54 Å². The molecule has 3 rings (SSSR count). The molecule has 6 nitrogen and oxygen atoms in total. The molecule has 2 heterocycles. The van der Waals surface area contributed by atoms with Crippen LogP contribution >= 0.6 is 0 Å². The van der Waals surface area contributed by atoms with Crippen LogP contribution in [0.2, 0.25) is 0 Å². The first-order chi connectivity index (χ1) is 9.70. The van der Waals surface area contributed by atoms with E-state index in [9.17, 15) is 4.79 Å². The van der Waals surface area contributed by atoms with E-state index in [0.717, 1.165) is 11.5 Å². The largest absolute Gasteiger partial charge is 0.486 e. The molecule has 0 saturated heterocycles. The van der Waals surface area contributed by atoms with E-state index in [-0.39, 0.29) is 11.7 Å². The number of para-hydroxylation sites is 2. The Hall–Kier alpha value is -2.50. The number of nitrogens with one attached hydrogen (secondary N) is 2. The number of aromatic nitrogens is 2. The first-order valence-electron chi connectivity index (χ1n) is 6.41. The minimum Gasteiger partial charge on any atom is -0.486 e. The molecule has 0 bridgehead atoms. The smallest absolute Gasteiger partial charge is 0.252 e. The van der Waals surface area contributed by atoms with Gasteiger partial charge in [-0.1, -0.05) is 12.1 Å². The van der Waals surface area contributed by atoms with Gasteiger partial charge in [0.15, 0.2) is 11.5 Å². The summed E-state index contributed by atoms with van der Waals surface area (Å²) < 4.78 is 11.4. The second-order valence-corrected chi connectivity index (χ2v) is 4.61. The quantitative estimate of drug-likeness (QED) is 0.882. The molecule has 6 heteroatoms. The molecule has 0 spiro atoms. The highest BCUT2D eigenvalue weighted by atomic mass is 16.6. The number of hydrogen-bond acceptors (Lipinski definition) is 5. The van der Waals surface area contributed by atoms with Crippen molar-refractivity contribution in [3.8, 4) is 11.5 Å². The molecule has 1 atom stereocenters. The van der Waals surface area contributed by atoms with Crippen molar-refractivity contribution in [3.05, 3.63) is 46.4 Å². The van der Waals surface area contributed by atoms with Crippen LogP contribution in [-0.4, -0.2) is 29.2 Å². The fraction of sp³-hybridized carbons (Fsp3) is 0.286. The number of benzene rings is 1. The molecule has 0 amide bonds. The predicted octanol–water partition coefficient (Wildman–Crippen LogP) is 1.33. The molecule has 0 aliphatic carbocycles. The SMILES string of the molecule is Cc1cc(=O)[nH]c(NCC2COc3ccccc3O2)n1. The van der Waals surface area contributed by atoms with Gasteiger partial charge in [0.2, 0.25) is 5.95 Å². The third-order valence-corrected chi connectivity index (χ3v) is 2.93. The molecule has 104 valence electrons. The first-order valence-corrected chi connectivity index (χ1v) is 6.41. The van der Waals surface area contributed by atoms with Gasteiger partial charge >= 0.3 is 0 Å². The van der Waals surface area contributed by atoms with Crippen LogP contribution in [0, 0.1) is 6.92 Å². The summed E-state index contributed by atoms with van der Waals surface area (Å²) in [5.74, 6) is 1.93. The number of H-pyrrole nitrogens is 1. The molecule has 0 saturated carbocycles. The fourth-order valence-corrected chi connectivity index (χ4v) is 2.04. The van der Waals surface area contributed by atoms with Gasteiger partial charge in [0.25, 0.3) is 5.56 Å². The number of hydrogen-bond donors (Lipinski definition) is 2. The number of rotatable bonds is 3. The second-order valence-electron chi connectivity index (χ2n) is 4.61. The summed E-state index contributed by atoms with van der Waals surface area (Å²) in [6.07, 6.45) is -0.129. The van der Waals surface area contributed by atoms with Gasteiger partial charge in [-0.3, -0.25) is 9.78 Å². The lowest BCUT2D eigenvalue weighted by molar-refractivity contribution is 0.0996. The molecular formula is C14H15N3O3. The van der Waals surface area contributed by atoms with Gasteiger partial charge < -0.3 is 14.8 Å². The van der Waals surface area contributed by atoms with Crippen molar-refractivity contribution < 1.29 is 9.47 Å². The van der Waals surface area contributed by atoms with E-state index >= 15 is 0 Å². The molecule has 0 radical (unpaired) electrons. The summed E-state index contributed by atoms with van der Waals surface area (Å²) in [6.45, 7) is 2.73. The van der Waals surface area contributed by atoms with Crippen LogP contribution in [0.1, 0.15) is 5.69 Å². The maximum absolute atomic E-state index is 11.3. The zero-order chi connectivity index (χ0) is 13.9. The predicted molar refractivity (Wildman–Crippen MR) is 74.4 cm³/mol. The Morgan fingerprint density at radius 1 is 1.40 bits per heavy atom. The van der Waals surface area contributed by atoms with Crippen molar-refractivity contribution in [2.75, 3.05) is 18.5 Å². The fourth-order valence-electron chi connectivity index (χ4n) is 2.04. The van der Waals surface area contributed by atoms with Crippen LogP contribution in [0.25, 0.3) is 0 Å². The van der Waals surface area contributed by atoms with E-state index in [4.69, 9.17) is 9.47 Å². The molecule has 20 heavy (non-hydrogen) atoms. The van der Waals surface area contributed by atoms with Crippen LogP contribution in [0.4, 0.5) is 5.95 Å². The van der Waals surface area contributed by atoms with Gasteiger partial charge in [-0.25, -0.2) is 4.98 Å². The standard InChI is InChI=1S/C14H15N3O3/c1-9-6-13(18)17-14(16-9)15-7-10-8-19-11-4-2-3-5-12(11)20-10/h2-6,10H,7-8H2,1H3,(H2,15,16,17,18). The molecule has 2 aromatic rings. The monoisotopic (exact) mass is 273 g/mol. The molecule has 1 aliphatic rings. The number of nitrogens with zero attached hydrogens (tertiary/aromatic N) is 1. The van der Waals surface area contributed by atoms with Crippen molar-refractivity contribution in [2.45, 2.75) is 13.0 Å². The normalized spacial score (nSPS) is 16.8. The van der Waals surface area contributed by atoms with Crippen molar-refractivity contribution in [2.24, 2.45) is 0 Å². The highest BCUT2D eigenvalue weighted by Crippen LogP contribution is 2.30. The van der Waals surface area contributed by atoms with Crippen molar-refractivity contribution in [3.63, 3.8) is 0 Å². The number of fused-ring (bicyclic) bond motifs is 1. The molecule has 1 aromatic heterocycles. The minimum atomic E-state index is -0.175. The van der Waals surface area contributed by atoms with Crippen molar-refractivity contribution in [1.29, 1.82) is 0 Å². The minimum absolute atomic E-state index is 0.129. The molecule has 1 unspecified atom stereocenters. The van der Waals surface area contributed by atoms with Gasteiger partial charge in [0, 0.05) is 11.8 Å². The van der Waals surface area contributed by atoms with E-state index < -0.39 is 0 Å². The maximum Gasteiger partial charge on any atom is 0.252 e. The van der Waals surface area contributed by atoms with Crippen molar-refractivity contribution in [1.82, 2.24) is 9.97 Å². The summed E-state index contributed by atoms with van der Waals surface area (Å²) in [4.78, 5) is 18.2. The summed E-state index contributed by atoms with van der Waals surface area (Å²) in [5, 5.41) is 3.06. The average molecular weight is 273 g/mol. The lowest BCUT2D eigenvalue weighted by Crippen LogP contribution is -2.35. The molecule has 1 aromatic carbocycles. The topological polar surface area (TPSA) is 76.2 Å². The van der Waals surface area contributed by atoms with Crippen LogP contribution in [0.15, 0.2) is 35.1 Å². The average Bonchev–Trinajstić information content (AvgIpc) is 2.44. The molecular weight excluding hydrogens is 258 g/mol. The Morgan fingerprint density at radius 3 is 3.00 bits per heavy atom. The second kappa shape index (κ2) is 5.24. The lowest BCUT2D eigenvalue weighted by atomic mass is 10.2. The van der Waals surface area contributed by atoms with Crippen LogP contribution in [0.5, 0.6) is 11.5 Å². The lowest BCUT2D eigenvalue weighted by Gasteiger charge is -2.26.